The molecule has 0 radical (unpaired) electrons. The smallest absolute Gasteiger partial charge is 0.0835 e. The molecule has 0 saturated carbocycles. The van der Waals surface area contributed by atoms with Crippen LogP contribution in [0.1, 0.15) is 12.0 Å². The van der Waals surface area contributed by atoms with Crippen molar-refractivity contribution in [2.75, 3.05) is 6.54 Å². The van der Waals surface area contributed by atoms with Crippen molar-refractivity contribution in [1.82, 2.24) is 4.57 Å². The van der Waals surface area contributed by atoms with Crippen LogP contribution in [0.15, 0.2) is 24.4 Å². The fourth-order valence-corrected chi connectivity index (χ4v) is 2.24. The normalized spacial score (nSPS) is 10.6. The fraction of sp³-hybridized carbons (Fsp3) is 0.286. The number of halogens is 1. The summed E-state index contributed by atoms with van der Waals surface area (Å²) in [6.45, 7) is 1.28. The maximum Gasteiger partial charge on any atom is 0.0835 e. The third-order valence-corrected chi connectivity index (χ3v) is 3.07. The number of benzene rings is 1. The largest absolute Gasteiger partial charge is 0.336 e. The van der Waals surface area contributed by atoms with E-state index in [4.69, 9.17) is 23.8 Å². The van der Waals surface area contributed by atoms with Crippen molar-refractivity contribution in [3.63, 3.8) is 0 Å². The molecule has 0 unspecified atom stereocenters. The Kier molecular flexibility index (Phi) is 3.73. The minimum absolute atomic E-state index is 0.584. The third kappa shape index (κ3) is 2.46. The number of fused-ring (bicyclic) bond motifs is 1. The van der Waals surface area contributed by atoms with Crippen LogP contribution in [0.25, 0.3) is 10.9 Å². The van der Waals surface area contributed by atoms with Crippen LogP contribution in [0, 0.1) is 12.3 Å². The molecule has 88 valence electrons. The van der Waals surface area contributed by atoms with Crippen molar-refractivity contribution >= 4 is 22.5 Å². The van der Waals surface area contributed by atoms with Crippen molar-refractivity contribution in [2.45, 2.75) is 19.4 Å². The van der Waals surface area contributed by atoms with Crippen molar-refractivity contribution < 1.29 is 0 Å². The molecule has 3 heteroatoms. The van der Waals surface area contributed by atoms with E-state index in [0.29, 0.717) is 13.1 Å². The number of hydrogen-bond acceptors (Lipinski definition) is 1. The lowest BCUT2D eigenvalue weighted by molar-refractivity contribution is 0.822. The topological polar surface area (TPSA) is 30.9 Å². The average Bonchev–Trinajstić information content (AvgIpc) is 2.65. The molecule has 2 nitrogen and oxygen atoms in total. The van der Waals surface area contributed by atoms with Crippen LogP contribution in [-0.4, -0.2) is 11.1 Å². The highest BCUT2D eigenvalue weighted by Crippen LogP contribution is 2.25. The molecule has 0 atom stereocenters. The molecule has 0 aliphatic heterocycles. The van der Waals surface area contributed by atoms with Crippen LogP contribution in [-0.2, 0) is 13.0 Å². The van der Waals surface area contributed by atoms with Crippen LogP contribution in [0.3, 0.4) is 0 Å². The van der Waals surface area contributed by atoms with E-state index < -0.39 is 0 Å². The van der Waals surface area contributed by atoms with E-state index in [1.807, 2.05) is 18.2 Å². The maximum absolute atomic E-state index is 6.04. The zero-order valence-electron chi connectivity index (χ0n) is 9.62. The first-order chi connectivity index (χ1) is 8.26. The summed E-state index contributed by atoms with van der Waals surface area (Å²) >= 11 is 6.04. The molecule has 1 aromatic heterocycles. The molecular weight excluding hydrogens is 232 g/mol. The van der Waals surface area contributed by atoms with Gasteiger partial charge in [-0.05, 0) is 43.1 Å². The zero-order chi connectivity index (χ0) is 12.3. The Morgan fingerprint density at radius 3 is 2.94 bits per heavy atom. The van der Waals surface area contributed by atoms with E-state index in [1.165, 1.54) is 10.9 Å². The van der Waals surface area contributed by atoms with E-state index in [1.54, 1.807) is 0 Å². The van der Waals surface area contributed by atoms with Gasteiger partial charge in [0, 0.05) is 22.1 Å². The van der Waals surface area contributed by atoms with Crippen LogP contribution < -0.4 is 5.73 Å². The number of nitrogens with zero attached hydrogens (tertiary/aromatic N) is 1. The summed E-state index contributed by atoms with van der Waals surface area (Å²) in [6, 6.07) is 5.90. The van der Waals surface area contributed by atoms with Crippen LogP contribution >= 0.6 is 11.6 Å². The summed E-state index contributed by atoms with van der Waals surface area (Å²) in [7, 11) is 0. The lowest BCUT2D eigenvalue weighted by atomic mass is 10.1. The number of hydrogen-bond donors (Lipinski definition) is 1. The molecule has 17 heavy (non-hydrogen) atoms. The Balaban J connectivity index is 2.51. The fourth-order valence-electron chi connectivity index (χ4n) is 2.06. The van der Waals surface area contributed by atoms with Gasteiger partial charge in [0.1, 0.15) is 0 Å². The second kappa shape index (κ2) is 5.27. The van der Waals surface area contributed by atoms with Crippen molar-refractivity contribution in [2.24, 2.45) is 5.73 Å². The van der Waals surface area contributed by atoms with E-state index in [9.17, 15) is 0 Å². The predicted octanol–water partition coefficient (Wildman–Crippen LogP) is 2.82. The second-order valence-electron chi connectivity index (χ2n) is 4.04. The highest BCUT2D eigenvalue weighted by atomic mass is 35.5. The van der Waals surface area contributed by atoms with Crippen LogP contribution in [0.5, 0.6) is 0 Å². The zero-order valence-corrected chi connectivity index (χ0v) is 10.4. The minimum Gasteiger partial charge on any atom is -0.336 e. The van der Waals surface area contributed by atoms with Crippen molar-refractivity contribution in [3.8, 4) is 12.3 Å². The van der Waals surface area contributed by atoms with E-state index in [-0.39, 0.29) is 0 Å². The van der Waals surface area contributed by atoms with Gasteiger partial charge in [-0.3, -0.25) is 0 Å². The van der Waals surface area contributed by atoms with E-state index >= 15 is 0 Å². The number of aryl methyl sites for hydroxylation is 1. The van der Waals surface area contributed by atoms with Crippen LogP contribution in [0.4, 0.5) is 0 Å². The van der Waals surface area contributed by atoms with Gasteiger partial charge in [-0.1, -0.05) is 17.5 Å². The lowest BCUT2D eigenvalue weighted by Gasteiger charge is -1.99. The van der Waals surface area contributed by atoms with Crippen molar-refractivity contribution in [1.29, 1.82) is 0 Å². The number of aromatic nitrogens is 1. The van der Waals surface area contributed by atoms with Crippen LogP contribution in [0.2, 0.25) is 5.02 Å². The van der Waals surface area contributed by atoms with Gasteiger partial charge in [-0.25, -0.2) is 0 Å². The summed E-state index contributed by atoms with van der Waals surface area (Å²) in [6.07, 6.45) is 9.42. The first kappa shape index (κ1) is 12.0. The average molecular weight is 247 g/mol. The predicted molar refractivity (Wildman–Crippen MR) is 73.2 cm³/mol. The molecule has 0 amide bonds. The van der Waals surface area contributed by atoms with Gasteiger partial charge in [0.2, 0.25) is 0 Å². The van der Waals surface area contributed by atoms with Gasteiger partial charge in [-0.15, -0.1) is 6.42 Å². The molecule has 1 aromatic carbocycles. The quantitative estimate of drug-likeness (QED) is 0.827. The SMILES string of the molecule is C#CCn1cc(CCCN)c2cc(Cl)ccc21. The first-order valence-corrected chi connectivity index (χ1v) is 6.05. The summed E-state index contributed by atoms with van der Waals surface area (Å²) in [5.74, 6) is 2.67. The Morgan fingerprint density at radius 2 is 2.24 bits per heavy atom. The van der Waals surface area contributed by atoms with Gasteiger partial charge in [0.05, 0.1) is 6.54 Å². The summed E-state index contributed by atoms with van der Waals surface area (Å²) < 4.78 is 2.08. The molecule has 0 bridgehead atoms. The second-order valence-corrected chi connectivity index (χ2v) is 4.48. The van der Waals surface area contributed by atoms with Gasteiger partial charge in [0.15, 0.2) is 0 Å². The van der Waals surface area contributed by atoms with Gasteiger partial charge in [0.25, 0.3) is 0 Å². The molecule has 0 spiro atoms. The highest BCUT2D eigenvalue weighted by molar-refractivity contribution is 6.31. The summed E-state index contributed by atoms with van der Waals surface area (Å²) in [5, 5.41) is 1.94. The molecule has 0 saturated heterocycles. The number of terminal acetylenes is 1. The molecular formula is C14H15ClN2. The Morgan fingerprint density at radius 1 is 1.41 bits per heavy atom. The third-order valence-electron chi connectivity index (χ3n) is 2.84. The molecule has 0 aliphatic carbocycles. The lowest BCUT2D eigenvalue weighted by Crippen LogP contribution is -2.00. The highest BCUT2D eigenvalue weighted by Gasteiger charge is 2.08. The first-order valence-electron chi connectivity index (χ1n) is 5.67. The molecule has 2 rings (SSSR count). The Hall–Kier alpha value is -1.43. The number of nitrogens with two attached hydrogens (primary N) is 1. The minimum atomic E-state index is 0.584. The van der Waals surface area contributed by atoms with Crippen molar-refractivity contribution in [3.05, 3.63) is 35.0 Å². The van der Waals surface area contributed by atoms with Gasteiger partial charge in [-0.2, -0.15) is 0 Å². The van der Waals surface area contributed by atoms with Gasteiger partial charge < -0.3 is 10.3 Å². The summed E-state index contributed by atoms with van der Waals surface area (Å²) in [4.78, 5) is 0. The monoisotopic (exact) mass is 246 g/mol. The molecule has 1 heterocycles. The Labute approximate surface area is 106 Å². The standard InChI is InChI=1S/C14H15ClN2/c1-2-8-17-10-11(4-3-7-16)13-9-12(15)5-6-14(13)17/h1,5-6,9-10H,3-4,7-8,16H2. The number of rotatable bonds is 4. The van der Waals surface area contributed by atoms with Gasteiger partial charge >= 0.3 is 0 Å². The molecule has 2 aromatic rings. The molecule has 0 aliphatic rings. The van der Waals surface area contributed by atoms with E-state index in [0.717, 1.165) is 23.4 Å². The maximum atomic E-state index is 6.04. The Bertz CT molecular complexity index is 563. The molecule has 2 N–H and O–H groups in total. The summed E-state index contributed by atoms with van der Waals surface area (Å²) in [5.41, 5.74) is 7.96. The molecule has 0 fully saturated rings. The van der Waals surface area contributed by atoms with E-state index in [2.05, 4.69) is 16.7 Å².